The lowest BCUT2D eigenvalue weighted by Gasteiger charge is -2.17. The van der Waals surface area contributed by atoms with Crippen molar-refractivity contribution >= 4 is 31.9 Å². The summed E-state index contributed by atoms with van der Waals surface area (Å²) >= 11 is 6.50. The second kappa shape index (κ2) is 5.18. The molecular weight excluding hydrogens is 316 g/mol. The highest BCUT2D eigenvalue weighted by atomic mass is 79.9. The second-order valence-electron chi connectivity index (χ2n) is 2.81. The van der Waals surface area contributed by atoms with E-state index in [0.717, 1.165) is 4.47 Å². The Morgan fingerprint density at radius 2 is 2.14 bits per heavy atom. The van der Waals surface area contributed by atoms with Crippen LogP contribution in [-0.4, -0.2) is 27.8 Å². The number of rotatable bonds is 3. The van der Waals surface area contributed by atoms with Crippen LogP contribution in [0.5, 0.6) is 0 Å². The molecule has 0 spiro atoms. The Balaban J connectivity index is 2.95. The Labute approximate surface area is 98.4 Å². The standard InChI is InChI=1S/C8H10Br2N2O2/c9-4-1-5(10)7(12-2-4)8(14)6(11)3-13/h1-2,6,8,13-14H,3,11H2. The molecule has 2 atom stereocenters. The molecule has 0 radical (unpaired) electrons. The molecule has 0 saturated carbocycles. The fourth-order valence-electron chi connectivity index (χ4n) is 0.945. The summed E-state index contributed by atoms with van der Waals surface area (Å²) in [4.78, 5) is 4.01. The van der Waals surface area contributed by atoms with Crippen molar-refractivity contribution in [3.63, 3.8) is 0 Å². The fraction of sp³-hybridized carbons (Fsp3) is 0.375. The van der Waals surface area contributed by atoms with Gasteiger partial charge >= 0.3 is 0 Å². The van der Waals surface area contributed by atoms with Gasteiger partial charge in [0.15, 0.2) is 0 Å². The van der Waals surface area contributed by atoms with E-state index in [4.69, 9.17) is 10.8 Å². The molecule has 0 fully saturated rings. The Hall–Kier alpha value is -0.0100. The minimum atomic E-state index is -0.970. The zero-order valence-electron chi connectivity index (χ0n) is 7.19. The van der Waals surface area contributed by atoms with Gasteiger partial charge in [-0.15, -0.1) is 0 Å². The number of nitrogens with two attached hydrogens (primary N) is 1. The Bertz CT molecular complexity index is 322. The topological polar surface area (TPSA) is 79.4 Å². The third-order valence-corrected chi connectivity index (χ3v) is 2.80. The van der Waals surface area contributed by atoms with E-state index in [1.807, 2.05) is 0 Å². The quantitative estimate of drug-likeness (QED) is 0.773. The molecule has 0 aromatic carbocycles. The third kappa shape index (κ3) is 2.74. The molecule has 6 heteroatoms. The van der Waals surface area contributed by atoms with Crippen molar-refractivity contribution in [3.05, 3.63) is 26.9 Å². The van der Waals surface area contributed by atoms with Gasteiger partial charge in [-0.3, -0.25) is 4.98 Å². The number of aliphatic hydroxyl groups is 2. The number of nitrogens with zero attached hydrogens (tertiary/aromatic N) is 1. The minimum absolute atomic E-state index is 0.286. The first kappa shape index (κ1) is 12.1. The van der Waals surface area contributed by atoms with E-state index in [9.17, 15) is 5.11 Å². The molecule has 14 heavy (non-hydrogen) atoms. The van der Waals surface area contributed by atoms with Gasteiger partial charge in [0.25, 0.3) is 0 Å². The van der Waals surface area contributed by atoms with Gasteiger partial charge in [-0.05, 0) is 37.9 Å². The molecule has 0 bridgehead atoms. The van der Waals surface area contributed by atoms with E-state index in [-0.39, 0.29) is 6.61 Å². The molecule has 0 amide bonds. The average molecular weight is 326 g/mol. The first-order chi connectivity index (χ1) is 6.56. The molecule has 0 saturated heterocycles. The molecule has 4 N–H and O–H groups in total. The number of pyridine rings is 1. The van der Waals surface area contributed by atoms with Crippen LogP contribution in [0.4, 0.5) is 0 Å². The maximum absolute atomic E-state index is 9.67. The first-order valence-electron chi connectivity index (χ1n) is 3.91. The number of aliphatic hydroxyl groups excluding tert-OH is 2. The van der Waals surface area contributed by atoms with Gasteiger partial charge in [0.2, 0.25) is 0 Å². The highest BCUT2D eigenvalue weighted by molar-refractivity contribution is 9.11. The molecule has 1 heterocycles. The molecule has 1 aromatic heterocycles. The molecule has 2 unspecified atom stereocenters. The Morgan fingerprint density at radius 1 is 1.50 bits per heavy atom. The van der Waals surface area contributed by atoms with Gasteiger partial charge in [-0.1, -0.05) is 0 Å². The highest BCUT2D eigenvalue weighted by Crippen LogP contribution is 2.25. The Kier molecular flexibility index (Phi) is 4.46. The van der Waals surface area contributed by atoms with Crippen LogP contribution in [0.2, 0.25) is 0 Å². The van der Waals surface area contributed by atoms with Crippen molar-refractivity contribution in [2.45, 2.75) is 12.1 Å². The van der Waals surface area contributed by atoms with Crippen LogP contribution in [0.25, 0.3) is 0 Å². The maximum atomic E-state index is 9.67. The number of hydrogen-bond donors (Lipinski definition) is 3. The van der Waals surface area contributed by atoms with Crippen LogP contribution in [-0.2, 0) is 0 Å². The lowest BCUT2D eigenvalue weighted by Crippen LogP contribution is -2.32. The summed E-state index contributed by atoms with van der Waals surface area (Å²) in [6.07, 6.45) is 0.593. The SMILES string of the molecule is NC(CO)C(O)c1ncc(Br)cc1Br. The number of halogens is 2. The smallest absolute Gasteiger partial charge is 0.114 e. The lowest BCUT2D eigenvalue weighted by molar-refractivity contribution is 0.105. The summed E-state index contributed by atoms with van der Waals surface area (Å²) in [5.41, 5.74) is 5.91. The van der Waals surface area contributed by atoms with Crippen LogP contribution in [0.1, 0.15) is 11.8 Å². The fourth-order valence-corrected chi connectivity index (χ4v) is 2.17. The molecule has 0 aliphatic rings. The largest absolute Gasteiger partial charge is 0.395 e. The van der Waals surface area contributed by atoms with Gasteiger partial charge in [0.05, 0.1) is 18.3 Å². The second-order valence-corrected chi connectivity index (χ2v) is 4.58. The van der Waals surface area contributed by atoms with Crippen molar-refractivity contribution < 1.29 is 10.2 Å². The number of hydrogen-bond acceptors (Lipinski definition) is 4. The van der Waals surface area contributed by atoms with Crippen LogP contribution in [0, 0.1) is 0 Å². The molecule has 1 rings (SSSR count). The molecule has 1 aromatic rings. The van der Waals surface area contributed by atoms with E-state index in [0.29, 0.717) is 10.2 Å². The average Bonchev–Trinajstić information content (AvgIpc) is 2.15. The van der Waals surface area contributed by atoms with Gasteiger partial charge in [0, 0.05) is 15.1 Å². The maximum Gasteiger partial charge on any atom is 0.114 e. The predicted molar refractivity (Wildman–Crippen MR) is 59.7 cm³/mol. The molecular formula is C8H10Br2N2O2. The predicted octanol–water partition coefficient (Wildman–Crippen LogP) is 0.960. The van der Waals surface area contributed by atoms with Crippen molar-refractivity contribution in [1.82, 2.24) is 4.98 Å². The van der Waals surface area contributed by atoms with Gasteiger partial charge < -0.3 is 15.9 Å². The van der Waals surface area contributed by atoms with Gasteiger partial charge in [0.1, 0.15) is 6.10 Å². The van der Waals surface area contributed by atoms with Gasteiger partial charge in [-0.2, -0.15) is 0 Å². The summed E-state index contributed by atoms with van der Waals surface area (Å²) in [5, 5.41) is 18.4. The highest BCUT2D eigenvalue weighted by Gasteiger charge is 2.19. The van der Waals surface area contributed by atoms with Crippen molar-refractivity contribution in [3.8, 4) is 0 Å². The normalized spacial score (nSPS) is 15.2. The van der Waals surface area contributed by atoms with Crippen molar-refractivity contribution in [2.24, 2.45) is 5.73 Å². The zero-order valence-corrected chi connectivity index (χ0v) is 10.4. The molecule has 0 aliphatic carbocycles. The minimum Gasteiger partial charge on any atom is -0.395 e. The van der Waals surface area contributed by atoms with Crippen LogP contribution < -0.4 is 5.73 Å². The molecule has 4 nitrogen and oxygen atoms in total. The summed E-state index contributed by atoms with van der Waals surface area (Å²) in [5.74, 6) is 0. The first-order valence-corrected chi connectivity index (χ1v) is 5.50. The third-order valence-electron chi connectivity index (χ3n) is 1.73. The monoisotopic (exact) mass is 324 g/mol. The number of aromatic nitrogens is 1. The van der Waals surface area contributed by atoms with Gasteiger partial charge in [-0.25, -0.2) is 0 Å². The molecule has 0 aliphatic heterocycles. The summed E-state index contributed by atoms with van der Waals surface area (Å²) in [7, 11) is 0. The van der Waals surface area contributed by atoms with Crippen molar-refractivity contribution in [2.75, 3.05) is 6.61 Å². The van der Waals surface area contributed by atoms with E-state index < -0.39 is 12.1 Å². The van der Waals surface area contributed by atoms with Crippen LogP contribution >= 0.6 is 31.9 Å². The van der Waals surface area contributed by atoms with Crippen molar-refractivity contribution in [1.29, 1.82) is 0 Å². The summed E-state index contributed by atoms with van der Waals surface area (Å²) in [6, 6.07) is 1.04. The summed E-state index contributed by atoms with van der Waals surface area (Å²) < 4.78 is 1.46. The van der Waals surface area contributed by atoms with E-state index in [1.54, 1.807) is 12.3 Å². The summed E-state index contributed by atoms with van der Waals surface area (Å²) in [6.45, 7) is -0.286. The Morgan fingerprint density at radius 3 is 2.64 bits per heavy atom. The zero-order chi connectivity index (χ0) is 10.7. The lowest BCUT2D eigenvalue weighted by atomic mass is 10.1. The van der Waals surface area contributed by atoms with E-state index in [1.165, 1.54) is 0 Å². The van der Waals surface area contributed by atoms with E-state index in [2.05, 4.69) is 36.8 Å². The van der Waals surface area contributed by atoms with Crippen LogP contribution in [0.3, 0.4) is 0 Å². The van der Waals surface area contributed by atoms with Crippen LogP contribution in [0.15, 0.2) is 21.2 Å². The molecule has 78 valence electrons. The van der Waals surface area contributed by atoms with E-state index >= 15 is 0 Å².